The maximum absolute atomic E-state index is 10.2. The van der Waals surface area contributed by atoms with E-state index in [0.29, 0.717) is 12.2 Å². The zero-order valence-corrected chi connectivity index (χ0v) is 13.2. The molecule has 1 saturated heterocycles. The standard InChI is InChI=1S/C18H32O2/c1-2-3-4-5-8-11-14-17-18(20-17)15-12-9-6-7-10-13-16-19/h8,11,16-18H,2-7,9-10,12-15H2,1H3/b11-8+. The van der Waals surface area contributed by atoms with Crippen LogP contribution in [0.15, 0.2) is 12.2 Å². The predicted molar refractivity (Wildman–Crippen MR) is 84.9 cm³/mol. The average molecular weight is 280 g/mol. The van der Waals surface area contributed by atoms with E-state index in [1.807, 2.05) is 0 Å². The molecular formula is C18H32O2. The molecule has 0 aromatic heterocycles. The molecule has 1 fully saturated rings. The first-order chi connectivity index (χ1) is 9.88. The molecule has 0 N–H and O–H groups in total. The monoisotopic (exact) mass is 280 g/mol. The Morgan fingerprint density at radius 3 is 2.40 bits per heavy atom. The summed E-state index contributed by atoms with van der Waals surface area (Å²) in [5.41, 5.74) is 0. The van der Waals surface area contributed by atoms with Crippen molar-refractivity contribution in [2.45, 2.75) is 96.2 Å². The minimum Gasteiger partial charge on any atom is -0.369 e. The van der Waals surface area contributed by atoms with Crippen LogP contribution in [0.2, 0.25) is 0 Å². The highest BCUT2D eigenvalue weighted by Crippen LogP contribution is 2.30. The Balaban J connectivity index is 1.82. The van der Waals surface area contributed by atoms with Gasteiger partial charge in [0.25, 0.3) is 0 Å². The molecule has 0 amide bonds. The fourth-order valence-electron chi connectivity index (χ4n) is 2.60. The lowest BCUT2D eigenvalue weighted by molar-refractivity contribution is -0.107. The quantitative estimate of drug-likeness (QED) is 0.189. The molecule has 1 aliphatic heterocycles. The van der Waals surface area contributed by atoms with E-state index in [4.69, 9.17) is 4.74 Å². The number of unbranched alkanes of at least 4 members (excludes halogenated alkanes) is 8. The minimum absolute atomic E-state index is 0.507. The van der Waals surface area contributed by atoms with Crippen molar-refractivity contribution in [3.63, 3.8) is 0 Å². The van der Waals surface area contributed by atoms with Gasteiger partial charge >= 0.3 is 0 Å². The van der Waals surface area contributed by atoms with E-state index in [0.717, 1.165) is 25.5 Å². The van der Waals surface area contributed by atoms with Gasteiger partial charge in [0.15, 0.2) is 0 Å². The van der Waals surface area contributed by atoms with Crippen molar-refractivity contribution >= 4 is 6.29 Å². The Labute approximate surface area is 125 Å². The third-order valence-corrected chi connectivity index (χ3v) is 4.01. The highest BCUT2D eigenvalue weighted by atomic mass is 16.6. The lowest BCUT2D eigenvalue weighted by Crippen LogP contribution is -1.93. The molecule has 1 heterocycles. The van der Waals surface area contributed by atoms with E-state index >= 15 is 0 Å². The molecule has 0 aliphatic carbocycles. The normalized spacial score (nSPS) is 21.4. The molecular weight excluding hydrogens is 248 g/mol. The topological polar surface area (TPSA) is 29.6 Å². The molecule has 2 nitrogen and oxygen atoms in total. The van der Waals surface area contributed by atoms with E-state index in [-0.39, 0.29) is 0 Å². The minimum atomic E-state index is 0.507. The Kier molecular flexibility index (Phi) is 10.6. The van der Waals surface area contributed by atoms with Crippen molar-refractivity contribution in [3.05, 3.63) is 12.2 Å². The molecule has 20 heavy (non-hydrogen) atoms. The fourth-order valence-corrected chi connectivity index (χ4v) is 2.60. The van der Waals surface area contributed by atoms with E-state index in [2.05, 4.69) is 19.1 Å². The third kappa shape index (κ3) is 9.30. The summed E-state index contributed by atoms with van der Waals surface area (Å²) in [5.74, 6) is 0. The number of carbonyl (C=O) groups is 1. The van der Waals surface area contributed by atoms with Gasteiger partial charge in [0.1, 0.15) is 6.29 Å². The van der Waals surface area contributed by atoms with Crippen LogP contribution in [-0.4, -0.2) is 18.5 Å². The first kappa shape index (κ1) is 17.4. The number of rotatable bonds is 14. The van der Waals surface area contributed by atoms with Crippen LogP contribution in [0.4, 0.5) is 0 Å². The van der Waals surface area contributed by atoms with Gasteiger partial charge < -0.3 is 9.53 Å². The second-order valence-electron chi connectivity index (χ2n) is 5.93. The smallest absolute Gasteiger partial charge is 0.119 e. The van der Waals surface area contributed by atoms with E-state index in [1.54, 1.807) is 0 Å². The molecule has 116 valence electrons. The van der Waals surface area contributed by atoms with Crippen molar-refractivity contribution in [3.8, 4) is 0 Å². The zero-order valence-electron chi connectivity index (χ0n) is 13.2. The lowest BCUT2D eigenvalue weighted by atomic mass is 10.1. The van der Waals surface area contributed by atoms with E-state index < -0.39 is 0 Å². The summed E-state index contributed by atoms with van der Waals surface area (Å²) in [4.78, 5) is 10.2. The van der Waals surface area contributed by atoms with Crippen molar-refractivity contribution in [1.82, 2.24) is 0 Å². The molecule has 0 radical (unpaired) electrons. The van der Waals surface area contributed by atoms with Crippen LogP contribution in [0, 0.1) is 0 Å². The van der Waals surface area contributed by atoms with Crippen LogP contribution in [-0.2, 0) is 9.53 Å². The number of ether oxygens (including phenoxy) is 1. The van der Waals surface area contributed by atoms with Crippen molar-refractivity contribution in [1.29, 1.82) is 0 Å². The van der Waals surface area contributed by atoms with Gasteiger partial charge in [0.2, 0.25) is 0 Å². The lowest BCUT2D eigenvalue weighted by Gasteiger charge is -1.98. The maximum atomic E-state index is 10.2. The van der Waals surface area contributed by atoms with Crippen molar-refractivity contribution in [2.75, 3.05) is 0 Å². The first-order valence-corrected chi connectivity index (χ1v) is 8.62. The SMILES string of the molecule is CCCCC/C=C/CC1OC1CCCCCCCC=O. The molecule has 2 unspecified atom stereocenters. The Morgan fingerprint density at radius 2 is 1.60 bits per heavy atom. The summed E-state index contributed by atoms with van der Waals surface area (Å²) in [6.07, 6.45) is 21.1. The van der Waals surface area contributed by atoms with Crippen LogP contribution >= 0.6 is 0 Å². The van der Waals surface area contributed by atoms with Crippen LogP contribution < -0.4 is 0 Å². The van der Waals surface area contributed by atoms with Crippen LogP contribution in [0.3, 0.4) is 0 Å². The summed E-state index contributed by atoms with van der Waals surface area (Å²) in [6, 6.07) is 0. The molecule has 2 atom stereocenters. The van der Waals surface area contributed by atoms with Gasteiger partial charge in [-0.05, 0) is 32.1 Å². The molecule has 1 rings (SSSR count). The highest BCUT2D eigenvalue weighted by Gasteiger charge is 2.36. The number of hydrogen-bond donors (Lipinski definition) is 0. The van der Waals surface area contributed by atoms with E-state index in [1.165, 1.54) is 57.8 Å². The molecule has 0 aromatic rings. The Morgan fingerprint density at radius 1 is 0.850 bits per heavy atom. The maximum Gasteiger partial charge on any atom is 0.119 e. The summed E-state index contributed by atoms with van der Waals surface area (Å²) in [6.45, 7) is 2.24. The Bertz CT molecular complexity index is 260. The molecule has 2 heteroatoms. The van der Waals surface area contributed by atoms with Gasteiger partial charge in [0.05, 0.1) is 12.2 Å². The van der Waals surface area contributed by atoms with Gasteiger partial charge in [-0.3, -0.25) is 0 Å². The molecule has 0 aromatic carbocycles. The molecule has 0 bridgehead atoms. The molecule has 0 saturated carbocycles. The Hall–Kier alpha value is -0.630. The predicted octanol–water partition coefficient (Wildman–Crippen LogP) is 5.21. The third-order valence-electron chi connectivity index (χ3n) is 4.01. The van der Waals surface area contributed by atoms with E-state index in [9.17, 15) is 4.79 Å². The summed E-state index contributed by atoms with van der Waals surface area (Å²) in [5, 5.41) is 0. The van der Waals surface area contributed by atoms with Crippen LogP contribution in [0.1, 0.15) is 84.0 Å². The zero-order chi connectivity index (χ0) is 14.5. The number of carbonyl (C=O) groups excluding carboxylic acids is 1. The second-order valence-corrected chi connectivity index (χ2v) is 5.93. The van der Waals surface area contributed by atoms with Crippen molar-refractivity contribution in [2.24, 2.45) is 0 Å². The fraction of sp³-hybridized carbons (Fsp3) is 0.833. The number of aldehydes is 1. The van der Waals surface area contributed by atoms with Gasteiger partial charge in [-0.25, -0.2) is 0 Å². The summed E-state index contributed by atoms with van der Waals surface area (Å²) < 4.78 is 5.69. The summed E-state index contributed by atoms with van der Waals surface area (Å²) in [7, 11) is 0. The van der Waals surface area contributed by atoms with Crippen LogP contribution in [0.5, 0.6) is 0 Å². The van der Waals surface area contributed by atoms with Gasteiger partial charge in [-0.15, -0.1) is 0 Å². The number of epoxide rings is 1. The highest BCUT2D eigenvalue weighted by molar-refractivity contribution is 5.48. The second kappa shape index (κ2) is 12.1. The van der Waals surface area contributed by atoms with Gasteiger partial charge in [0, 0.05) is 6.42 Å². The average Bonchev–Trinajstić information content (AvgIpc) is 3.20. The van der Waals surface area contributed by atoms with Gasteiger partial charge in [-0.1, -0.05) is 57.6 Å². The van der Waals surface area contributed by atoms with Gasteiger partial charge in [-0.2, -0.15) is 0 Å². The van der Waals surface area contributed by atoms with Crippen molar-refractivity contribution < 1.29 is 9.53 Å². The number of hydrogen-bond acceptors (Lipinski definition) is 2. The first-order valence-electron chi connectivity index (χ1n) is 8.62. The number of allylic oxidation sites excluding steroid dienone is 1. The largest absolute Gasteiger partial charge is 0.369 e. The van der Waals surface area contributed by atoms with Crippen LogP contribution in [0.25, 0.3) is 0 Å². The molecule has 1 aliphatic rings. The summed E-state index contributed by atoms with van der Waals surface area (Å²) >= 11 is 0. The molecule has 0 spiro atoms.